The van der Waals surface area contributed by atoms with Gasteiger partial charge in [0.25, 0.3) is 0 Å². The Morgan fingerprint density at radius 3 is 0.844 bits per heavy atom. The molecule has 0 aliphatic heterocycles. The molecule has 3 rings (SSSR count). The summed E-state index contributed by atoms with van der Waals surface area (Å²) in [6.45, 7) is 0. The van der Waals surface area contributed by atoms with Gasteiger partial charge in [-0.3, -0.25) is 0 Å². The molecule has 32 heavy (non-hydrogen) atoms. The molecular formula is C25H24O6Sn. The summed E-state index contributed by atoms with van der Waals surface area (Å²) in [5, 5.41) is 30.2. The Hall–Kier alpha value is -3.13. The van der Waals surface area contributed by atoms with Crippen LogP contribution < -0.4 is 15.3 Å². The Kier molecular flexibility index (Phi) is 16.8. The predicted octanol–water partition coefficient (Wildman–Crippen LogP) is 0.140. The van der Waals surface area contributed by atoms with Crippen molar-refractivity contribution >= 4 is 40.4 Å². The summed E-state index contributed by atoms with van der Waals surface area (Å²) in [5.74, 6) is -3.11. The molecule has 0 aliphatic carbocycles. The first-order valence-electron chi connectivity index (χ1n) is 9.58. The number of benzene rings is 3. The van der Waals surface area contributed by atoms with Gasteiger partial charge in [0, 0.05) is 37.2 Å². The fourth-order valence-corrected chi connectivity index (χ4v) is 2.29. The van der Waals surface area contributed by atoms with Crippen molar-refractivity contribution in [2.75, 3.05) is 0 Å². The average molecular weight is 539 g/mol. The minimum atomic E-state index is -1.04. The van der Waals surface area contributed by atoms with Gasteiger partial charge in [0.1, 0.15) is 0 Å². The average Bonchev–Trinajstić information content (AvgIpc) is 2.77. The van der Waals surface area contributed by atoms with Crippen LogP contribution in [0.3, 0.4) is 0 Å². The third-order valence-corrected chi connectivity index (χ3v) is 3.57. The van der Waals surface area contributed by atoms with Crippen LogP contribution in [0.2, 0.25) is 4.94 Å². The molecule has 0 saturated heterocycles. The number of rotatable bonds is 6. The number of carboxylic acids is 3. The summed E-state index contributed by atoms with van der Waals surface area (Å²) >= 11 is 1.55. The predicted molar refractivity (Wildman–Crippen MR) is 117 cm³/mol. The zero-order chi connectivity index (χ0) is 24.2. The molecule has 0 fully saturated rings. The van der Waals surface area contributed by atoms with Gasteiger partial charge in [0.05, 0.1) is 0 Å². The summed E-state index contributed by atoms with van der Waals surface area (Å²) in [7, 11) is 0. The maximum atomic E-state index is 10.1. The number of aliphatic carboxylic acids is 3. The zero-order valence-electron chi connectivity index (χ0n) is 17.7. The number of hydrogen-bond acceptors (Lipinski definition) is 6. The molecule has 0 heterocycles. The van der Waals surface area contributed by atoms with Gasteiger partial charge >= 0.3 is 27.5 Å². The topological polar surface area (TPSA) is 120 Å². The molecule has 0 aromatic heterocycles. The molecular weight excluding hydrogens is 515 g/mol. The van der Waals surface area contributed by atoms with E-state index in [0.717, 1.165) is 16.7 Å². The van der Waals surface area contributed by atoms with Gasteiger partial charge in [-0.15, -0.1) is 0 Å². The van der Waals surface area contributed by atoms with Crippen molar-refractivity contribution in [1.82, 2.24) is 0 Å². The van der Waals surface area contributed by atoms with Crippen molar-refractivity contribution in [2.24, 2.45) is 0 Å². The van der Waals surface area contributed by atoms with Gasteiger partial charge in [0.15, 0.2) is 0 Å². The molecule has 0 aliphatic rings. The normalized spacial score (nSPS) is 8.84. The first-order chi connectivity index (χ1) is 15.4. The van der Waals surface area contributed by atoms with Crippen LogP contribution in [0.4, 0.5) is 0 Å². The van der Waals surface area contributed by atoms with Gasteiger partial charge in [-0.25, -0.2) is 0 Å². The van der Waals surface area contributed by atoms with E-state index in [1.54, 1.807) is 95.3 Å². The van der Waals surface area contributed by atoms with Gasteiger partial charge in [0.2, 0.25) is 0 Å². The van der Waals surface area contributed by atoms with Crippen molar-refractivity contribution in [1.29, 1.82) is 0 Å². The number of carboxylic acid groups (broad SMARTS) is 3. The van der Waals surface area contributed by atoms with Crippen molar-refractivity contribution in [3.63, 3.8) is 0 Å². The third-order valence-electron chi connectivity index (χ3n) is 3.57. The molecule has 164 valence electrons. The molecule has 0 amide bonds. The minimum absolute atomic E-state index is 0.000833. The zero-order valence-corrected chi connectivity index (χ0v) is 20.6. The van der Waals surface area contributed by atoms with E-state index in [0.29, 0.717) is 0 Å². The summed E-state index contributed by atoms with van der Waals surface area (Å²) < 4.78 is 0. The van der Waals surface area contributed by atoms with Crippen molar-refractivity contribution in [2.45, 2.75) is 24.2 Å². The summed E-state index contributed by atoms with van der Waals surface area (Å²) in [4.78, 5) is 32.3. The van der Waals surface area contributed by atoms with E-state index in [4.69, 9.17) is 0 Å². The van der Waals surface area contributed by atoms with Gasteiger partial charge in [-0.2, -0.15) is 0 Å². The molecule has 3 aromatic rings. The van der Waals surface area contributed by atoms with Crippen LogP contribution in [-0.2, 0) is 33.6 Å². The first kappa shape index (κ1) is 28.9. The molecule has 0 unspecified atom stereocenters. The van der Waals surface area contributed by atoms with Crippen molar-refractivity contribution < 1.29 is 29.7 Å². The molecule has 3 aromatic carbocycles. The molecule has 6 nitrogen and oxygen atoms in total. The standard InChI is InChI=1S/3C8H8O2.CH3.Sn/c3*9-8(10)6-7-4-2-1-3-5-7;;/h3*1-5H,6H2,(H,9,10);1H3;/q;;;;+3/p-3. The fourth-order valence-electron chi connectivity index (χ4n) is 2.29. The fraction of sp³-hybridized carbons (Fsp3) is 0.160. The Bertz CT molecular complexity index is 777. The Balaban J connectivity index is 0.000000433. The van der Waals surface area contributed by atoms with E-state index >= 15 is 0 Å². The first-order valence-corrected chi connectivity index (χ1v) is 12.4. The van der Waals surface area contributed by atoms with Crippen LogP contribution >= 0.6 is 0 Å². The van der Waals surface area contributed by atoms with Gasteiger partial charge in [-0.1, -0.05) is 91.0 Å². The summed E-state index contributed by atoms with van der Waals surface area (Å²) in [5.41, 5.74) is 2.34. The Morgan fingerprint density at radius 2 is 0.688 bits per heavy atom. The number of carbonyl (C=O) groups excluding carboxylic acids is 3. The van der Waals surface area contributed by atoms with Crippen LogP contribution in [0.15, 0.2) is 91.0 Å². The van der Waals surface area contributed by atoms with Crippen molar-refractivity contribution in [3.05, 3.63) is 108 Å². The Morgan fingerprint density at radius 1 is 0.500 bits per heavy atom. The van der Waals surface area contributed by atoms with Gasteiger partial charge < -0.3 is 29.7 Å². The second-order valence-corrected chi connectivity index (χ2v) is 6.10. The SMILES string of the molecule is O=C([O-])Cc1ccccc1.O=C([O-])Cc1ccccc1.O=C([O-])Cc1ccccc1.[CH3][Sn+3]. The third kappa shape index (κ3) is 16.6. The second-order valence-electron chi connectivity index (χ2n) is 6.10. The molecule has 0 atom stereocenters. The second kappa shape index (κ2) is 18.6. The summed E-state index contributed by atoms with van der Waals surface area (Å²) in [6, 6.07) is 26.9. The molecule has 0 bridgehead atoms. The van der Waals surface area contributed by atoms with Crippen molar-refractivity contribution in [3.8, 4) is 0 Å². The van der Waals surface area contributed by atoms with Crippen LogP contribution in [-0.4, -0.2) is 40.4 Å². The molecule has 0 N–H and O–H groups in total. The van der Waals surface area contributed by atoms with Crippen LogP contribution in [0.1, 0.15) is 16.7 Å². The molecule has 0 saturated carbocycles. The molecule has 0 spiro atoms. The van der Waals surface area contributed by atoms with E-state index in [9.17, 15) is 29.7 Å². The maximum absolute atomic E-state index is 10.1. The number of carbonyl (C=O) groups is 3. The summed E-state index contributed by atoms with van der Waals surface area (Å²) in [6.07, 6.45) is 0.00250. The number of hydrogen-bond donors (Lipinski definition) is 0. The van der Waals surface area contributed by atoms with Crippen LogP contribution in [0.25, 0.3) is 0 Å². The van der Waals surface area contributed by atoms with E-state index in [1.165, 1.54) is 0 Å². The molecule has 7 heteroatoms. The van der Waals surface area contributed by atoms with E-state index < -0.39 is 17.9 Å². The molecule has 0 radical (unpaired) electrons. The Labute approximate surface area is 201 Å². The van der Waals surface area contributed by atoms with E-state index in [2.05, 4.69) is 4.94 Å². The van der Waals surface area contributed by atoms with E-state index in [1.807, 2.05) is 18.2 Å². The van der Waals surface area contributed by atoms with E-state index in [-0.39, 0.29) is 19.3 Å². The van der Waals surface area contributed by atoms with Gasteiger partial charge in [-0.05, 0) is 16.7 Å². The monoisotopic (exact) mass is 540 g/mol. The van der Waals surface area contributed by atoms with Crippen LogP contribution in [0.5, 0.6) is 0 Å². The van der Waals surface area contributed by atoms with Crippen LogP contribution in [0, 0.1) is 0 Å². The quantitative estimate of drug-likeness (QED) is 0.412.